The summed E-state index contributed by atoms with van der Waals surface area (Å²) >= 11 is 0. The van der Waals surface area contributed by atoms with Crippen LogP contribution in [0.2, 0.25) is 0 Å². The summed E-state index contributed by atoms with van der Waals surface area (Å²) in [6.07, 6.45) is 3.49. The van der Waals surface area contributed by atoms with E-state index in [0.29, 0.717) is 0 Å². The largest absolute Gasteiger partial charge is 0.378 e. The van der Waals surface area contributed by atoms with Crippen LogP contribution in [0, 0.1) is 6.92 Å². The molecular weight excluding hydrogens is 246 g/mol. The Morgan fingerprint density at radius 1 is 1.00 bits per heavy atom. The summed E-state index contributed by atoms with van der Waals surface area (Å²) in [5.74, 6) is 0.0415. The summed E-state index contributed by atoms with van der Waals surface area (Å²) in [5.41, 5.74) is 3.93. The highest BCUT2D eigenvalue weighted by molar-refractivity contribution is 6.07. The third-order valence-electron chi connectivity index (χ3n) is 3.25. The molecule has 20 heavy (non-hydrogen) atoms. The first-order valence-corrected chi connectivity index (χ1v) is 6.63. The fourth-order valence-electron chi connectivity index (χ4n) is 1.99. The van der Waals surface area contributed by atoms with Gasteiger partial charge in [-0.05, 0) is 36.3 Å². The number of hydrogen-bond acceptors (Lipinski definition) is 2. The van der Waals surface area contributed by atoms with Crippen LogP contribution in [-0.2, 0) is 0 Å². The molecule has 0 saturated heterocycles. The van der Waals surface area contributed by atoms with Crippen LogP contribution in [0.25, 0.3) is 6.08 Å². The van der Waals surface area contributed by atoms with Gasteiger partial charge in [-0.15, -0.1) is 0 Å². The van der Waals surface area contributed by atoms with Crippen LogP contribution in [-0.4, -0.2) is 19.9 Å². The predicted molar refractivity (Wildman–Crippen MR) is 85.3 cm³/mol. The second-order valence-electron chi connectivity index (χ2n) is 5.00. The molecule has 102 valence electrons. The van der Waals surface area contributed by atoms with Gasteiger partial charge in [0.1, 0.15) is 0 Å². The van der Waals surface area contributed by atoms with Gasteiger partial charge in [-0.25, -0.2) is 0 Å². The molecular formula is C18H19NO. The Balaban J connectivity index is 2.13. The normalized spacial score (nSPS) is 10.8. The fraction of sp³-hybridized carbons (Fsp3) is 0.167. The molecule has 2 aromatic carbocycles. The predicted octanol–water partition coefficient (Wildman–Crippen LogP) is 3.96. The smallest absolute Gasteiger partial charge is 0.186 e. The van der Waals surface area contributed by atoms with Crippen molar-refractivity contribution in [2.45, 2.75) is 6.92 Å². The van der Waals surface area contributed by atoms with Crippen molar-refractivity contribution in [2.24, 2.45) is 0 Å². The maximum absolute atomic E-state index is 12.1. The Morgan fingerprint density at radius 2 is 1.65 bits per heavy atom. The minimum absolute atomic E-state index is 0.0415. The Labute approximate surface area is 120 Å². The molecule has 0 fully saturated rings. The molecule has 0 amide bonds. The van der Waals surface area contributed by atoms with Gasteiger partial charge in [0.05, 0.1) is 0 Å². The molecule has 0 N–H and O–H groups in total. The van der Waals surface area contributed by atoms with Gasteiger partial charge in [0.15, 0.2) is 5.78 Å². The zero-order valence-corrected chi connectivity index (χ0v) is 12.1. The molecule has 0 bridgehead atoms. The molecule has 0 heterocycles. The summed E-state index contributed by atoms with van der Waals surface area (Å²) in [6.45, 7) is 1.95. The second kappa shape index (κ2) is 6.20. The number of ketones is 1. The third-order valence-corrected chi connectivity index (χ3v) is 3.25. The van der Waals surface area contributed by atoms with Gasteiger partial charge in [-0.1, -0.05) is 42.5 Å². The second-order valence-corrected chi connectivity index (χ2v) is 5.00. The molecule has 2 nitrogen and oxygen atoms in total. The number of rotatable bonds is 4. The lowest BCUT2D eigenvalue weighted by atomic mass is 10.0. The molecule has 0 saturated carbocycles. The monoisotopic (exact) mass is 265 g/mol. The summed E-state index contributed by atoms with van der Waals surface area (Å²) in [4.78, 5) is 14.2. The van der Waals surface area contributed by atoms with Gasteiger partial charge in [-0.2, -0.15) is 0 Å². The van der Waals surface area contributed by atoms with Crippen molar-refractivity contribution < 1.29 is 4.79 Å². The van der Waals surface area contributed by atoms with Crippen LogP contribution in [0.5, 0.6) is 0 Å². The maximum Gasteiger partial charge on any atom is 0.186 e. The average Bonchev–Trinajstić information content (AvgIpc) is 2.45. The number of hydrogen-bond donors (Lipinski definition) is 0. The number of anilines is 1. The minimum atomic E-state index is 0.0415. The van der Waals surface area contributed by atoms with Crippen LogP contribution in [0.15, 0.2) is 54.6 Å². The quantitative estimate of drug-likeness (QED) is 0.616. The standard InChI is InChI=1S/C18H19NO/c1-14-6-4-5-7-17(14)18(20)13-10-15-8-11-16(12-9-15)19(2)3/h4-13H,1-3H3/b13-10+. The van der Waals surface area contributed by atoms with Crippen LogP contribution in [0.1, 0.15) is 21.5 Å². The van der Waals surface area contributed by atoms with Gasteiger partial charge in [-0.3, -0.25) is 4.79 Å². The van der Waals surface area contributed by atoms with Gasteiger partial charge >= 0.3 is 0 Å². The van der Waals surface area contributed by atoms with Crippen molar-refractivity contribution in [3.63, 3.8) is 0 Å². The minimum Gasteiger partial charge on any atom is -0.378 e. The molecule has 0 aliphatic carbocycles. The van der Waals surface area contributed by atoms with E-state index in [0.717, 1.165) is 22.4 Å². The van der Waals surface area contributed by atoms with Crippen molar-refractivity contribution in [2.75, 3.05) is 19.0 Å². The number of nitrogens with zero attached hydrogens (tertiary/aromatic N) is 1. The van der Waals surface area contributed by atoms with Crippen molar-refractivity contribution in [3.8, 4) is 0 Å². The molecule has 0 unspecified atom stereocenters. The van der Waals surface area contributed by atoms with Gasteiger partial charge in [0, 0.05) is 25.3 Å². The van der Waals surface area contributed by atoms with E-state index >= 15 is 0 Å². The molecule has 0 spiro atoms. The molecule has 0 radical (unpaired) electrons. The molecule has 0 atom stereocenters. The van der Waals surface area contributed by atoms with Crippen molar-refractivity contribution >= 4 is 17.5 Å². The SMILES string of the molecule is Cc1ccccc1C(=O)/C=C/c1ccc(N(C)C)cc1. The summed E-state index contributed by atoms with van der Waals surface area (Å²) < 4.78 is 0. The Hall–Kier alpha value is -2.35. The molecule has 0 aliphatic heterocycles. The van der Waals surface area contributed by atoms with Crippen molar-refractivity contribution in [3.05, 3.63) is 71.3 Å². The van der Waals surface area contributed by atoms with Gasteiger partial charge in [0.2, 0.25) is 0 Å². The van der Waals surface area contributed by atoms with Gasteiger partial charge < -0.3 is 4.90 Å². The lowest BCUT2D eigenvalue weighted by Gasteiger charge is -2.11. The number of carbonyl (C=O) groups excluding carboxylic acids is 1. The van der Waals surface area contributed by atoms with E-state index in [1.54, 1.807) is 6.08 Å². The van der Waals surface area contributed by atoms with E-state index < -0.39 is 0 Å². The highest BCUT2D eigenvalue weighted by Gasteiger charge is 2.04. The third kappa shape index (κ3) is 3.35. The lowest BCUT2D eigenvalue weighted by Crippen LogP contribution is -2.07. The number of benzene rings is 2. The fourth-order valence-corrected chi connectivity index (χ4v) is 1.99. The molecule has 2 rings (SSSR count). The summed E-state index contributed by atoms with van der Waals surface area (Å²) in [5, 5.41) is 0. The van der Waals surface area contributed by atoms with E-state index in [2.05, 4.69) is 0 Å². The number of allylic oxidation sites excluding steroid dienone is 1. The van der Waals surface area contributed by atoms with E-state index in [9.17, 15) is 4.79 Å². The first-order valence-electron chi connectivity index (χ1n) is 6.63. The summed E-state index contributed by atoms with van der Waals surface area (Å²) in [7, 11) is 4.01. The van der Waals surface area contributed by atoms with E-state index in [4.69, 9.17) is 0 Å². The maximum atomic E-state index is 12.1. The zero-order valence-electron chi connectivity index (χ0n) is 12.1. The molecule has 2 aromatic rings. The lowest BCUT2D eigenvalue weighted by molar-refractivity contribution is 0.104. The average molecular weight is 265 g/mol. The van der Waals surface area contributed by atoms with Crippen LogP contribution < -0.4 is 4.90 Å². The first kappa shape index (κ1) is 14.1. The number of aryl methyl sites for hydroxylation is 1. The van der Waals surface area contributed by atoms with Crippen LogP contribution in [0.4, 0.5) is 5.69 Å². The highest BCUT2D eigenvalue weighted by Crippen LogP contribution is 2.14. The molecule has 2 heteroatoms. The van der Waals surface area contributed by atoms with Crippen molar-refractivity contribution in [1.82, 2.24) is 0 Å². The Kier molecular flexibility index (Phi) is 4.36. The highest BCUT2D eigenvalue weighted by atomic mass is 16.1. The molecule has 0 aliphatic rings. The first-order chi connectivity index (χ1) is 9.58. The molecule has 0 aromatic heterocycles. The Bertz CT molecular complexity index is 624. The van der Waals surface area contributed by atoms with Gasteiger partial charge in [0.25, 0.3) is 0 Å². The van der Waals surface area contributed by atoms with E-state index in [-0.39, 0.29) is 5.78 Å². The van der Waals surface area contributed by atoms with E-state index in [1.165, 1.54) is 0 Å². The van der Waals surface area contributed by atoms with E-state index in [1.807, 2.05) is 80.5 Å². The topological polar surface area (TPSA) is 20.3 Å². The zero-order chi connectivity index (χ0) is 14.5. The Morgan fingerprint density at radius 3 is 2.25 bits per heavy atom. The number of carbonyl (C=O) groups is 1. The van der Waals surface area contributed by atoms with Crippen LogP contribution >= 0.6 is 0 Å². The van der Waals surface area contributed by atoms with Crippen molar-refractivity contribution in [1.29, 1.82) is 0 Å². The van der Waals surface area contributed by atoms with Crippen LogP contribution in [0.3, 0.4) is 0 Å². The summed E-state index contributed by atoms with van der Waals surface area (Å²) in [6, 6.07) is 15.7.